The summed E-state index contributed by atoms with van der Waals surface area (Å²) in [7, 11) is 4.19. The van der Waals surface area contributed by atoms with Crippen molar-refractivity contribution in [3.63, 3.8) is 0 Å². The Morgan fingerprint density at radius 3 is 0.953 bits per heavy atom. The molecule has 0 amide bonds. The third-order valence-electron chi connectivity index (χ3n) is 17.9. The van der Waals surface area contributed by atoms with Gasteiger partial charge >= 0.3 is 0 Å². The fourth-order valence-corrected chi connectivity index (χ4v) is 13.3. The third-order valence-corrected chi connectivity index (χ3v) is 17.9. The molecule has 0 fully saturated rings. The summed E-state index contributed by atoms with van der Waals surface area (Å²) in [6.07, 6.45) is 3.64. The fraction of sp³-hybridized carbons (Fsp3) is 0.263. The van der Waals surface area contributed by atoms with E-state index in [1.807, 2.05) is 12.4 Å². The van der Waals surface area contributed by atoms with Crippen LogP contribution in [0, 0.1) is 25.5 Å². The number of aromatic nitrogens is 4. The van der Waals surface area contributed by atoms with Crippen molar-refractivity contribution in [2.24, 2.45) is 0 Å². The molecule has 444 valence electrons. The molecular formula is C76H74N8Pt2-6. The summed E-state index contributed by atoms with van der Waals surface area (Å²) in [6.45, 7) is 31.6. The van der Waals surface area contributed by atoms with E-state index in [4.69, 9.17) is 10.2 Å². The second-order valence-electron chi connectivity index (χ2n) is 27.4. The number of nitrogens with zero attached hydrogens (tertiary/aromatic N) is 8. The van der Waals surface area contributed by atoms with Crippen LogP contribution in [0.25, 0.3) is 22.3 Å². The first-order valence-corrected chi connectivity index (χ1v) is 29.5. The maximum absolute atomic E-state index is 4.80. The molecule has 0 radical (unpaired) electrons. The summed E-state index contributed by atoms with van der Waals surface area (Å²) in [5.41, 5.74) is 24.4. The summed E-state index contributed by atoms with van der Waals surface area (Å²) in [5.74, 6) is 0. The van der Waals surface area contributed by atoms with Gasteiger partial charge in [0, 0.05) is 76.3 Å². The van der Waals surface area contributed by atoms with E-state index < -0.39 is 10.8 Å². The van der Waals surface area contributed by atoms with Gasteiger partial charge in [-0.25, -0.2) is 0 Å². The normalized spacial score (nSPS) is 15.1. The predicted molar refractivity (Wildman–Crippen MR) is 345 cm³/mol. The van der Waals surface area contributed by atoms with Crippen molar-refractivity contribution in [3.05, 3.63) is 275 Å². The van der Waals surface area contributed by atoms with Gasteiger partial charge in [0.25, 0.3) is 0 Å². The van der Waals surface area contributed by atoms with E-state index in [1.165, 1.54) is 78.1 Å². The standard InChI is InChI=1S/2C38H37N4.2Pt/c2*1-36(2,3)25-15-17-29-30-18-16-26(37(4,5)6)23-32(30)38(31(29)22-25,35-19-20-39-40-35)27-11-10-12-28(21-27)42-24-41(7)33-13-8-9-14-34(33)42;;/h2*8-20,22-24H,1-7H3;;/q2*-3;;. The summed E-state index contributed by atoms with van der Waals surface area (Å²) in [4.78, 5) is 8.80. The number of para-hydroxylation sites is 4. The SMILES string of the molecule is CN1[CH-]N(c2[c-]c(C3(c4cc[n-]n4)c4cc(C(C)(C)C)ccc4-c4ccc(C(C)(C)C)cc43)ccc2)c2ccccc21.CN1[CH-]N(c2[c-]c(C3(c4cc[n-]n4)c4cc(C(C)(C)C)ccc4-c4ccc(C(C)(C)C)cc43)ccc2)c2ccccc21.[Pt].[Pt]. The van der Waals surface area contributed by atoms with Gasteiger partial charge in [-0.05, 0) is 127 Å². The molecule has 0 spiro atoms. The minimum atomic E-state index is -0.662. The molecule has 0 saturated heterocycles. The molecule has 10 heteroatoms. The Hall–Kier alpha value is -7.24. The van der Waals surface area contributed by atoms with E-state index in [9.17, 15) is 0 Å². The fourth-order valence-electron chi connectivity index (χ4n) is 13.3. The maximum Gasteiger partial charge on any atom is 0.0644 e. The smallest absolute Gasteiger partial charge is 0.0644 e. The molecule has 8 nitrogen and oxygen atoms in total. The van der Waals surface area contributed by atoms with Crippen molar-refractivity contribution in [1.82, 2.24) is 20.4 Å². The summed E-state index contributed by atoms with van der Waals surface area (Å²) >= 11 is 0. The predicted octanol–water partition coefficient (Wildman–Crippen LogP) is 17.0. The number of anilines is 6. The van der Waals surface area contributed by atoms with E-state index in [-0.39, 0.29) is 63.8 Å². The van der Waals surface area contributed by atoms with E-state index in [0.717, 1.165) is 45.3 Å². The average Bonchev–Trinajstić information content (AvgIpc) is 1.56. The molecule has 14 rings (SSSR count). The van der Waals surface area contributed by atoms with Crippen molar-refractivity contribution in [2.75, 3.05) is 33.7 Å². The first-order valence-electron chi connectivity index (χ1n) is 29.5. The Balaban J connectivity index is 0.000000175. The molecule has 10 aromatic rings. The Kier molecular flexibility index (Phi) is 15.4. The van der Waals surface area contributed by atoms with Crippen LogP contribution >= 0.6 is 0 Å². The van der Waals surface area contributed by atoms with E-state index >= 15 is 0 Å². The molecule has 8 aromatic carbocycles. The van der Waals surface area contributed by atoms with Crippen LogP contribution in [-0.2, 0) is 74.6 Å². The van der Waals surface area contributed by atoms with E-state index in [1.54, 1.807) is 0 Å². The van der Waals surface area contributed by atoms with Crippen LogP contribution in [0.1, 0.15) is 150 Å². The Morgan fingerprint density at radius 1 is 0.372 bits per heavy atom. The van der Waals surface area contributed by atoms with Crippen molar-refractivity contribution in [2.45, 2.75) is 116 Å². The van der Waals surface area contributed by atoms with Gasteiger partial charge in [-0.2, -0.15) is 74.3 Å². The molecule has 2 aromatic heterocycles. The first kappa shape index (κ1) is 60.4. The Bertz CT molecular complexity index is 3760. The molecule has 0 N–H and O–H groups in total. The minimum absolute atomic E-state index is 0. The Labute approximate surface area is 539 Å². The van der Waals surface area contributed by atoms with Crippen molar-refractivity contribution in [1.29, 1.82) is 0 Å². The average molecular weight is 1490 g/mol. The zero-order valence-corrected chi connectivity index (χ0v) is 56.2. The number of benzene rings is 8. The number of hydrogen-bond acceptors (Lipinski definition) is 6. The molecule has 2 aliphatic heterocycles. The number of fused-ring (bicyclic) bond motifs is 8. The Morgan fingerprint density at radius 2 is 0.674 bits per heavy atom. The number of hydrogen-bond donors (Lipinski definition) is 0. The van der Waals surface area contributed by atoms with Crippen LogP contribution in [0.4, 0.5) is 34.1 Å². The summed E-state index contributed by atoms with van der Waals surface area (Å²) in [5, 5.41) is 18.4. The molecule has 0 atom stereocenters. The van der Waals surface area contributed by atoms with Gasteiger partial charge in [-0.3, -0.25) is 0 Å². The molecule has 4 aliphatic rings. The molecular weight excluding hydrogens is 1420 g/mol. The van der Waals surface area contributed by atoms with Gasteiger partial charge in [0.2, 0.25) is 0 Å². The van der Waals surface area contributed by atoms with Crippen LogP contribution < -0.4 is 29.8 Å². The molecule has 2 aliphatic carbocycles. The van der Waals surface area contributed by atoms with Crippen LogP contribution in [-0.4, -0.2) is 24.3 Å². The zero-order valence-electron chi connectivity index (χ0n) is 51.7. The van der Waals surface area contributed by atoms with E-state index in [2.05, 4.69) is 322 Å². The van der Waals surface area contributed by atoms with Crippen LogP contribution in [0.3, 0.4) is 0 Å². The van der Waals surface area contributed by atoms with E-state index in [0.29, 0.717) is 0 Å². The van der Waals surface area contributed by atoms with Gasteiger partial charge in [-0.1, -0.05) is 192 Å². The molecule has 0 saturated carbocycles. The second-order valence-corrected chi connectivity index (χ2v) is 27.4. The van der Waals surface area contributed by atoms with Gasteiger partial charge < -0.3 is 40.0 Å². The van der Waals surface area contributed by atoms with Gasteiger partial charge in [0.15, 0.2) is 0 Å². The molecule has 4 heterocycles. The minimum Gasteiger partial charge on any atom is -0.581 e. The largest absolute Gasteiger partial charge is 0.581 e. The van der Waals surface area contributed by atoms with Crippen molar-refractivity contribution in [3.8, 4) is 22.3 Å². The summed E-state index contributed by atoms with van der Waals surface area (Å²) < 4.78 is 0. The zero-order chi connectivity index (χ0) is 58.9. The quantitative estimate of drug-likeness (QED) is 0.153. The second kappa shape index (κ2) is 21.9. The monoisotopic (exact) mass is 1490 g/mol. The third kappa shape index (κ3) is 9.73. The maximum atomic E-state index is 4.80. The molecule has 86 heavy (non-hydrogen) atoms. The van der Waals surface area contributed by atoms with Crippen molar-refractivity contribution >= 4 is 34.1 Å². The van der Waals surface area contributed by atoms with Crippen LogP contribution in [0.2, 0.25) is 0 Å². The van der Waals surface area contributed by atoms with Crippen LogP contribution in [0.5, 0.6) is 0 Å². The van der Waals surface area contributed by atoms with Crippen molar-refractivity contribution < 1.29 is 42.1 Å². The summed E-state index contributed by atoms with van der Waals surface area (Å²) in [6, 6.07) is 70.1. The molecule has 0 bridgehead atoms. The topological polar surface area (TPSA) is 66.9 Å². The van der Waals surface area contributed by atoms with Gasteiger partial charge in [0.05, 0.1) is 10.8 Å². The first-order chi connectivity index (χ1) is 40.0. The van der Waals surface area contributed by atoms with Crippen LogP contribution in [0.15, 0.2) is 182 Å². The number of rotatable bonds is 6. The van der Waals surface area contributed by atoms with Gasteiger partial charge in [-0.15, -0.1) is 22.5 Å². The van der Waals surface area contributed by atoms with Gasteiger partial charge in [0.1, 0.15) is 0 Å². The molecule has 0 unspecified atom stereocenters.